The van der Waals surface area contributed by atoms with Gasteiger partial charge in [0.05, 0.1) is 24.0 Å². The maximum Gasteiger partial charge on any atom is 0.339 e. The van der Waals surface area contributed by atoms with Crippen molar-refractivity contribution < 1.29 is 14.3 Å². The van der Waals surface area contributed by atoms with Gasteiger partial charge in [0.1, 0.15) is 9.71 Å². The number of nitrogen functional groups attached to an aromatic ring is 1. The lowest BCUT2D eigenvalue weighted by molar-refractivity contribution is 0.0602. The van der Waals surface area contributed by atoms with E-state index in [0.29, 0.717) is 16.3 Å². The molecule has 2 aromatic heterocycles. The van der Waals surface area contributed by atoms with Crippen LogP contribution < -0.4 is 11.1 Å². The van der Waals surface area contributed by atoms with Crippen molar-refractivity contribution in [3.05, 3.63) is 87.9 Å². The number of aromatic nitrogens is 1. The third kappa shape index (κ3) is 4.25. The minimum Gasteiger partial charge on any atom is -0.465 e. The summed E-state index contributed by atoms with van der Waals surface area (Å²) in [7, 11) is 1.30. The number of carbonyl (C=O) groups excluding carboxylic acids is 2. The number of thiophene rings is 1. The molecule has 0 spiro atoms. The largest absolute Gasteiger partial charge is 0.465 e. The van der Waals surface area contributed by atoms with Crippen LogP contribution in [0.3, 0.4) is 0 Å². The summed E-state index contributed by atoms with van der Waals surface area (Å²) in [6.07, 6.45) is 0.851. The van der Waals surface area contributed by atoms with E-state index < -0.39 is 5.97 Å². The smallest absolute Gasteiger partial charge is 0.339 e. The Balaban J connectivity index is 1.40. The molecule has 34 heavy (non-hydrogen) atoms. The summed E-state index contributed by atoms with van der Waals surface area (Å²) >= 11 is 1.27. The maximum atomic E-state index is 13.1. The molecular formula is C26H24N4O3S. The van der Waals surface area contributed by atoms with Gasteiger partial charge in [-0.15, -0.1) is 11.3 Å². The number of ether oxygens (including phenoxy) is 1. The second-order valence-corrected chi connectivity index (χ2v) is 9.23. The lowest BCUT2D eigenvalue weighted by atomic mass is 10.0. The molecule has 1 aliphatic heterocycles. The average molecular weight is 473 g/mol. The molecule has 0 radical (unpaired) electrons. The van der Waals surface area contributed by atoms with Crippen molar-refractivity contribution in [2.75, 3.05) is 24.7 Å². The Morgan fingerprint density at radius 3 is 2.71 bits per heavy atom. The highest BCUT2D eigenvalue weighted by Gasteiger charge is 2.23. The van der Waals surface area contributed by atoms with Crippen molar-refractivity contribution in [2.45, 2.75) is 19.5 Å². The fourth-order valence-electron chi connectivity index (χ4n) is 4.26. The summed E-state index contributed by atoms with van der Waals surface area (Å²) in [6.45, 7) is 2.60. The molecule has 172 valence electrons. The molecule has 0 saturated heterocycles. The van der Waals surface area contributed by atoms with E-state index in [-0.39, 0.29) is 11.5 Å². The van der Waals surface area contributed by atoms with Crippen LogP contribution >= 0.6 is 11.3 Å². The normalized spacial score (nSPS) is 13.4. The first-order chi connectivity index (χ1) is 16.5. The van der Waals surface area contributed by atoms with E-state index in [9.17, 15) is 9.59 Å². The van der Waals surface area contributed by atoms with Crippen LogP contribution in [0.5, 0.6) is 0 Å². The molecule has 7 nitrogen and oxygen atoms in total. The molecule has 0 unspecified atom stereocenters. The van der Waals surface area contributed by atoms with E-state index in [4.69, 9.17) is 15.5 Å². The fourth-order valence-corrected chi connectivity index (χ4v) is 5.25. The van der Waals surface area contributed by atoms with Gasteiger partial charge in [0.15, 0.2) is 0 Å². The summed E-state index contributed by atoms with van der Waals surface area (Å²) in [6, 6.07) is 19.2. The third-order valence-electron chi connectivity index (χ3n) is 5.98. The lowest BCUT2D eigenvalue weighted by Crippen LogP contribution is -2.30. The van der Waals surface area contributed by atoms with Gasteiger partial charge in [-0.1, -0.05) is 42.5 Å². The number of nitrogens with one attached hydrogen (secondary N) is 1. The highest BCUT2D eigenvalue weighted by molar-refractivity contribution is 7.21. The second-order valence-electron chi connectivity index (χ2n) is 8.23. The molecule has 3 heterocycles. The summed E-state index contributed by atoms with van der Waals surface area (Å²) in [5.41, 5.74) is 11.0. The molecule has 0 aliphatic carbocycles. The first-order valence-electron chi connectivity index (χ1n) is 11.0. The van der Waals surface area contributed by atoms with Crippen molar-refractivity contribution in [2.24, 2.45) is 0 Å². The van der Waals surface area contributed by atoms with Gasteiger partial charge in [0, 0.05) is 37.1 Å². The summed E-state index contributed by atoms with van der Waals surface area (Å²) in [4.78, 5) is 33.5. The summed E-state index contributed by atoms with van der Waals surface area (Å²) < 4.78 is 4.81. The zero-order valence-corrected chi connectivity index (χ0v) is 19.5. The quantitative estimate of drug-likeness (QED) is 0.416. The first-order valence-corrected chi connectivity index (χ1v) is 11.8. The monoisotopic (exact) mass is 472 g/mol. The number of hydrogen-bond acceptors (Lipinski definition) is 7. The van der Waals surface area contributed by atoms with Crippen molar-refractivity contribution in [3.63, 3.8) is 0 Å². The number of carbonyl (C=O) groups is 2. The number of benzene rings is 2. The molecule has 2 aromatic carbocycles. The molecule has 1 aliphatic rings. The molecule has 0 saturated carbocycles. The first kappa shape index (κ1) is 22.1. The van der Waals surface area contributed by atoms with E-state index in [0.717, 1.165) is 47.5 Å². The number of esters is 1. The van der Waals surface area contributed by atoms with E-state index >= 15 is 0 Å². The highest BCUT2D eigenvalue weighted by atomic mass is 32.1. The van der Waals surface area contributed by atoms with Crippen LogP contribution in [-0.4, -0.2) is 35.4 Å². The number of hydrogen-bond donors (Lipinski definition) is 2. The molecule has 3 N–H and O–H groups in total. The van der Waals surface area contributed by atoms with Gasteiger partial charge in [-0.3, -0.25) is 9.69 Å². The molecule has 4 aromatic rings. The Kier molecular flexibility index (Phi) is 6.00. The van der Waals surface area contributed by atoms with Crippen LogP contribution in [0.1, 0.15) is 36.9 Å². The van der Waals surface area contributed by atoms with Gasteiger partial charge < -0.3 is 15.8 Å². The van der Waals surface area contributed by atoms with Gasteiger partial charge in [0.2, 0.25) is 0 Å². The lowest BCUT2D eigenvalue weighted by Gasteiger charge is -2.28. The highest BCUT2D eigenvalue weighted by Crippen LogP contribution is 2.36. The van der Waals surface area contributed by atoms with Crippen LogP contribution in [0, 0.1) is 0 Å². The average Bonchev–Trinajstić information content (AvgIpc) is 3.18. The number of methoxy groups -OCH3 is 1. The van der Waals surface area contributed by atoms with Crippen LogP contribution in [0.15, 0.2) is 60.7 Å². The predicted octanol–water partition coefficient (Wildman–Crippen LogP) is 4.48. The Labute approximate surface area is 201 Å². The van der Waals surface area contributed by atoms with Gasteiger partial charge in [-0.05, 0) is 29.3 Å². The third-order valence-corrected chi connectivity index (χ3v) is 7.10. The van der Waals surface area contributed by atoms with Crippen molar-refractivity contribution >= 4 is 44.8 Å². The molecule has 1 amide bonds. The van der Waals surface area contributed by atoms with Crippen LogP contribution in [0.25, 0.3) is 10.2 Å². The zero-order valence-electron chi connectivity index (χ0n) is 18.7. The molecule has 0 fully saturated rings. The van der Waals surface area contributed by atoms with E-state index in [1.807, 2.05) is 6.07 Å². The summed E-state index contributed by atoms with van der Waals surface area (Å²) in [5.74, 6) is -0.893. The van der Waals surface area contributed by atoms with Crippen molar-refractivity contribution in [3.8, 4) is 0 Å². The Bertz CT molecular complexity index is 1380. The van der Waals surface area contributed by atoms with Crippen molar-refractivity contribution in [1.29, 1.82) is 0 Å². The predicted molar refractivity (Wildman–Crippen MR) is 134 cm³/mol. The standard InChI is InChI=1S/C26H24N4O3S/c1-33-26(32)18-9-5-6-10-21(18)28-24(31)23-22(27)19-13-17-15-30(14-16-7-3-2-4-8-16)12-11-20(17)29-25(19)34-23/h2-10,13H,11-12,14-15,27H2,1H3,(H,28,31). The minimum atomic E-state index is -0.519. The molecule has 8 heteroatoms. The Hall–Kier alpha value is -3.75. The molecule has 0 atom stereocenters. The van der Waals surface area contributed by atoms with Gasteiger partial charge >= 0.3 is 5.97 Å². The van der Waals surface area contributed by atoms with E-state index in [2.05, 4.69) is 40.5 Å². The Morgan fingerprint density at radius 1 is 1.15 bits per heavy atom. The van der Waals surface area contributed by atoms with Gasteiger partial charge in [-0.25, -0.2) is 9.78 Å². The fraction of sp³-hybridized carbons (Fsp3) is 0.192. The number of anilines is 2. The summed E-state index contributed by atoms with van der Waals surface area (Å²) in [5, 5.41) is 3.59. The van der Waals surface area contributed by atoms with Gasteiger partial charge in [-0.2, -0.15) is 0 Å². The van der Waals surface area contributed by atoms with Crippen LogP contribution in [-0.2, 0) is 24.2 Å². The molecule has 5 rings (SSSR count). The number of para-hydroxylation sites is 1. The number of fused-ring (bicyclic) bond motifs is 2. The van der Waals surface area contributed by atoms with Gasteiger partial charge in [0.25, 0.3) is 5.91 Å². The number of rotatable bonds is 5. The van der Waals surface area contributed by atoms with Crippen LogP contribution in [0.4, 0.5) is 11.4 Å². The number of pyridine rings is 1. The maximum absolute atomic E-state index is 13.1. The topological polar surface area (TPSA) is 97.5 Å². The number of nitrogens with two attached hydrogens (primary N) is 1. The number of amides is 1. The zero-order chi connectivity index (χ0) is 23.7. The van der Waals surface area contributed by atoms with Crippen molar-refractivity contribution in [1.82, 2.24) is 9.88 Å². The number of nitrogens with zero attached hydrogens (tertiary/aromatic N) is 2. The van der Waals surface area contributed by atoms with E-state index in [1.54, 1.807) is 24.3 Å². The van der Waals surface area contributed by atoms with Crippen LogP contribution in [0.2, 0.25) is 0 Å². The second kappa shape index (κ2) is 9.24. The SMILES string of the molecule is COC(=O)c1ccccc1NC(=O)c1sc2nc3c(cc2c1N)CN(Cc1ccccc1)CC3. The minimum absolute atomic E-state index is 0.283. The molecular weight excluding hydrogens is 448 g/mol. The molecule has 0 bridgehead atoms. The van der Waals surface area contributed by atoms with E-state index in [1.165, 1.54) is 24.0 Å². The Morgan fingerprint density at radius 2 is 1.91 bits per heavy atom.